The summed E-state index contributed by atoms with van der Waals surface area (Å²) >= 11 is 0. The van der Waals surface area contributed by atoms with Crippen molar-refractivity contribution in [2.45, 2.75) is 88.8 Å². The van der Waals surface area contributed by atoms with E-state index in [1.165, 1.54) is 44.9 Å². The lowest BCUT2D eigenvalue weighted by molar-refractivity contribution is 0.0442. The molecular weight excluding hydrogens is 238 g/mol. The average molecular weight is 269 g/mol. The molecule has 2 fully saturated rings. The van der Waals surface area contributed by atoms with Gasteiger partial charge in [0.25, 0.3) is 0 Å². The van der Waals surface area contributed by atoms with Crippen molar-refractivity contribution in [1.82, 2.24) is 5.32 Å². The molecule has 2 N–H and O–H groups in total. The zero-order valence-electron chi connectivity index (χ0n) is 12.5. The van der Waals surface area contributed by atoms with Gasteiger partial charge in [-0.2, -0.15) is 0 Å². The van der Waals surface area contributed by atoms with Gasteiger partial charge >= 0.3 is 0 Å². The first-order chi connectivity index (χ1) is 9.28. The zero-order valence-corrected chi connectivity index (χ0v) is 12.5. The van der Waals surface area contributed by atoms with Gasteiger partial charge in [0, 0.05) is 18.2 Å². The van der Waals surface area contributed by atoms with Gasteiger partial charge < -0.3 is 15.2 Å². The fourth-order valence-electron chi connectivity index (χ4n) is 3.16. The van der Waals surface area contributed by atoms with Gasteiger partial charge in [0.2, 0.25) is 0 Å². The van der Waals surface area contributed by atoms with E-state index in [-0.39, 0.29) is 12.1 Å². The molecule has 0 spiro atoms. The number of rotatable bonds is 10. The fraction of sp³-hybridized carbons (Fsp3) is 1.00. The molecule has 2 aliphatic carbocycles. The number of hydrogen-bond donors (Lipinski definition) is 2. The van der Waals surface area contributed by atoms with Crippen LogP contribution in [0.4, 0.5) is 0 Å². The van der Waals surface area contributed by atoms with Crippen LogP contribution in [0, 0.1) is 0 Å². The minimum atomic E-state index is -0.0337. The number of hydrogen-bond acceptors (Lipinski definition) is 3. The molecule has 0 bridgehead atoms. The number of aliphatic hydroxyl groups excluding tert-OH is 1. The van der Waals surface area contributed by atoms with Gasteiger partial charge in [-0.1, -0.05) is 32.6 Å². The lowest BCUT2D eigenvalue weighted by atomic mass is 9.98. The maximum absolute atomic E-state index is 9.66. The van der Waals surface area contributed by atoms with E-state index in [0.29, 0.717) is 12.1 Å². The number of unbranched alkanes of at least 4 members (excludes halogenated alkanes) is 4. The van der Waals surface area contributed by atoms with Gasteiger partial charge in [0.05, 0.1) is 12.7 Å². The van der Waals surface area contributed by atoms with E-state index < -0.39 is 0 Å². The summed E-state index contributed by atoms with van der Waals surface area (Å²) in [6.45, 7) is 3.41. The second-order valence-corrected chi connectivity index (χ2v) is 6.51. The molecule has 112 valence electrons. The lowest BCUT2D eigenvalue weighted by Crippen LogP contribution is -2.48. The van der Waals surface area contributed by atoms with E-state index in [9.17, 15) is 5.11 Å². The van der Waals surface area contributed by atoms with Gasteiger partial charge in [0.1, 0.15) is 0 Å². The largest absolute Gasteiger partial charge is 0.394 e. The summed E-state index contributed by atoms with van der Waals surface area (Å²) in [4.78, 5) is 0. The Hall–Kier alpha value is -0.120. The Morgan fingerprint density at radius 1 is 1.16 bits per heavy atom. The molecule has 2 atom stereocenters. The Morgan fingerprint density at radius 3 is 2.63 bits per heavy atom. The highest BCUT2D eigenvalue weighted by Crippen LogP contribution is 2.35. The van der Waals surface area contributed by atoms with Gasteiger partial charge in [-0.25, -0.2) is 0 Å². The molecule has 0 heterocycles. The summed E-state index contributed by atoms with van der Waals surface area (Å²) in [6, 6.07) is 0.667. The zero-order chi connectivity index (χ0) is 13.6. The van der Waals surface area contributed by atoms with Gasteiger partial charge in [-0.15, -0.1) is 0 Å². The molecule has 19 heavy (non-hydrogen) atoms. The summed E-state index contributed by atoms with van der Waals surface area (Å²) in [7, 11) is 0. The first kappa shape index (κ1) is 15.3. The van der Waals surface area contributed by atoms with Crippen LogP contribution >= 0.6 is 0 Å². The highest BCUT2D eigenvalue weighted by atomic mass is 16.5. The van der Waals surface area contributed by atoms with Crippen molar-refractivity contribution < 1.29 is 9.84 Å². The highest BCUT2D eigenvalue weighted by molar-refractivity contribution is 5.01. The monoisotopic (exact) mass is 269 g/mol. The molecule has 3 nitrogen and oxygen atoms in total. The third-order valence-electron chi connectivity index (χ3n) is 4.56. The van der Waals surface area contributed by atoms with Crippen LogP contribution in [-0.4, -0.2) is 36.0 Å². The van der Waals surface area contributed by atoms with E-state index in [2.05, 4.69) is 12.2 Å². The average Bonchev–Trinajstić information content (AvgIpc) is 3.13. The Balaban J connectivity index is 1.58. The fourth-order valence-corrected chi connectivity index (χ4v) is 3.16. The minimum Gasteiger partial charge on any atom is -0.394 e. The molecule has 0 aromatic carbocycles. The van der Waals surface area contributed by atoms with Crippen LogP contribution in [-0.2, 0) is 4.74 Å². The molecule has 0 aromatic heterocycles. The summed E-state index contributed by atoms with van der Waals surface area (Å²) < 4.78 is 5.99. The van der Waals surface area contributed by atoms with E-state index in [1.54, 1.807) is 0 Å². The first-order valence-corrected chi connectivity index (χ1v) is 8.28. The smallest absolute Gasteiger partial charge is 0.0614 e. The molecule has 0 radical (unpaired) electrons. The predicted molar refractivity (Wildman–Crippen MR) is 78.3 cm³/mol. The van der Waals surface area contributed by atoms with Crippen LogP contribution in [0.2, 0.25) is 0 Å². The van der Waals surface area contributed by atoms with Crippen molar-refractivity contribution in [3.8, 4) is 0 Å². The van der Waals surface area contributed by atoms with Crippen molar-refractivity contribution in [3.05, 3.63) is 0 Å². The van der Waals surface area contributed by atoms with Crippen LogP contribution in [0.15, 0.2) is 0 Å². The highest BCUT2D eigenvalue weighted by Gasteiger charge is 2.42. The standard InChI is InChI=1S/C16H31NO2/c1-2-3-4-5-6-11-19-15-9-10-16(12-15,13-18)17-14-7-8-14/h14-15,17-18H,2-13H2,1H3. The quantitative estimate of drug-likeness (QED) is 0.599. The Labute approximate surface area is 118 Å². The Morgan fingerprint density at radius 2 is 1.95 bits per heavy atom. The van der Waals surface area contributed by atoms with Gasteiger partial charge in [-0.05, 0) is 38.5 Å². The maximum Gasteiger partial charge on any atom is 0.0614 e. The van der Waals surface area contributed by atoms with Gasteiger partial charge in [0.15, 0.2) is 0 Å². The molecule has 0 aromatic rings. The van der Waals surface area contributed by atoms with Crippen LogP contribution in [0.25, 0.3) is 0 Å². The van der Waals surface area contributed by atoms with E-state index in [0.717, 1.165) is 25.9 Å². The van der Waals surface area contributed by atoms with Gasteiger partial charge in [-0.3, -0.25) is 0 Å². The molecule has 2 aliphatic rings. The van der Waals surface area contributed by atoms with Crippen molar-refractivity contribution in [1.29, 1.82) is 0 Å². The SMILES string of the molecule is CCCCCCCOC1CCC(CO)(NC2CC2)C1. The summed E-state index contributed by atoms with van der Waals surface area (Å²) in [5, 5.41) is 13.3. The van der Waals surface area contributed by atoms with Crippen molar-refractivity contribution in [2.75, 3.05) is 13.2 Å². The van der Waals surface area contributed by atoms with Crippen LogP contribution < -0.4 is 5.32 Å². The molecular formula is C16H31NO2. The predicted octanol–water partition coefficient (Wildman–Crippen LogP) is 3.01. The Bertz CT molecular complexity index is 255. The van der Waals surface area contributed by atoms with Crippen LogP contribution in [0.3, 0.4) is 0 Å². The summed E-state index contributed by atoms with van der Waals surface area (Å²) in [5.41, 5.74) is -0.0337. The second kappa shape index (κ2) is 7.61. The summed E-state index contributed by atoms with van der Waals surface area (Å²) in [5.74, 6) is 0. The van der Waals surface area contributed by atoms with E-state index >= 15 is 0 Å². The topological polar surface area (TPSA) is 41.5 Å². The van der Waals surface area contributed by atoms with Crippen LogP contribution in [0.5, 0.6) is 0 Å². The second-order valence-electron chi connectivity index (χ2n) is 6.51. The number of ether oxygens (including phenoxy) is 1. The Kier molecular flexibility index (Phi) is 6.11. The molecule has 0 saturated heterocycles. The molecule has 2 unspecified atom stereocenters. The maximum atomic E-state index is 9.66. The molecule has 0 aliphatic heterocycles. The first-order valence-electron chi connectivity index (χ1n) is 8.28. The molecule has 0 amide bonds. The normalized spacial score (nSPS) is 30.9. The molecule has 3 heteroatoms. The molecule has 2 rings (SSSR count). The number of aliphatic hydroxyl groups is 1. The third kappa shape index (κ3) is 5.05. The number of nitrogens with one attached hydrogen (secondary N) is 1. The minimum absolute atomic E-state index is 0.0337. The van der Waals surface area contributed by atoms with E-state index in [4.69, 9.17) is 4.74 Å². The molecule has 2 saturated carbocycles. The van der Waals surface area contributed by atoms with Crippen molar-refractivity contribution in [2.24, 2.45) is 0 Å². The van der Waals surface area contributed by atoms with E-state index in [1.807, 2.05) is 0 Å². The lowest BCUT2D eigenvalue weighted by Gasteiger charge is -2.28. The summed E-state index contributed by atoms with van der Waals surface area (Å²) in [6.07, 6.45) is 12.6. The van der Waals surface area contributed by atoms with Crippen molar-refractivity contribution >= 4 is 0 Å². The third-order valence-corrected chi connectivity index (χ3v) is 4.56. The van der Waals surface area contributed by atoms with Crippen LogP contribution in [0.1, 0.15) is 71.1 Å². The van der Waals surface area contributed by atoms with Crippen molar-refractivity contribution in [3.63, 3.8) is 0 Å².